The summed E-state index contributed by atoms with van der Waals surface area (Å²) < 4.78 is 17.6. The van der Waals surface area contributed by atoms with Gasteiger partial charge in [0.2, 0.25) is 5.89 Å². The Bertz CT molecular complexity index is 683. The van der Waals surface area contributed by atoms with E-state index in [9.17, 15) is 4.79 Å². The average Bonchev–Trinajstić information content (AvgIpc) is 3.24. The van der Waals surface area contributed by atoms with E-state index in [1.807, 2.05) is 6.92 Å². The molecule has 24 heavy (non-hydrogen) atoms. The first-order valence-electron chi connectivity index (χ1n) is 7.93. The van der Waals surface area contributed by atoms with Crippen molar-refractivity contribution in [2.24, 2.45) is 0 Å². The van der Waals surface area contributed by atoms with Crippen molar-refractivity contribution in [2.75, 3.05) is 26.8 Å². The number of nitrogens with zero attached hydrogens (tertiary/aromatic N) is 5. The number of carbonyl (C=O) groups is 1. The largest absolute Gasteiger partial charge is 0.377 e. The van der Waals surface area contributed by atoms with Crippen molar-refractivity contribution in [3.63, 3.8) is 0 Å². The van der Waals surface area contributed by atoms with Crippen molar-refractivity contribution in [1.82, 2.24) is 24.8 Å². The van der Waals surface area contributed by atoms with Crippen LogP contribution in [0.2, 0.25) is 0 Å². The summed E-state index contributed by atoms with van der Waals surface area (Å²) in [4.78, 5) is 18.6. The highest BCUT2D eigenvalue weighted by atomic mass is 16.5. The van der Waals surface area contributed by atoms with Crippen LogP contribution in [-0.2, 0) is 29.0 Å². The molecule has 0 N–H and O–H groups in total. The van der Waals surface area contributed by atoms with Crippen LogP contribution in [0, 0.1) is 0 Å². The first-order valence-corrected chi connectivity index (χ1v) is 7.93. The lowest BCUT2D eigenvalue weighted by Gasteiger charge is -2.32. The van der Waals surface area contributed by atoms with Crippen molar-refractivity contribution >= 4 is 5.91 Å². The molecule has 0 aromatic carbocycles. The minimum atomic E-state index is -0.167. The number of ether oxygens (including phenoxy) is 2. The van der Waals surface area contributed by atoms with Gasteiger partial charge in [-0.3, -0.25) is 9.48 Å². The van der Waals surface area contributed by atoms with E-state index in [0.717, 1.165) is 6.54 Å². The van der Waals surface area contributed by atoms with Gasteiger partial charge in [0.1, 0.15) is 6.61 Å². The van der Waals surface area contributed by atoms with Crippen LogP contribution in [0.4, 0.5) is 0 Å². The first kappa shape index (κ1) is 16.6. The average molecular weight is 335 g/mol. The number of hydrogen-bond donors (Lipinski definition) is 0. The highest BCUT2D eigenvalue weighted by Crippen LogP contribution is 2.14. The molecular formula is C15H21N5O4. The fraction of sp³-hybridized carbons (Fsp3) is 0.600. The molecule has 130 valence electrons. The van der Waals surface area contributed by atoms with Crippen molar-refractivity contribution < 1.29 is 18.8 Å². The maximum absolute atomic E-state index is 12.6. The summed E-state index contributed by atoms with van der Waals surface area (Å²) in [6, 6.07) is 0. The number of carbonyl (C=O) groups excluding carboxylic acids is 1. The van der Waals surface area contributed by atoms with E-state index in [1.165, 1.54) is 0 Å². The smallest absolute Gasteiger partial charge is 0.257 e. The molecule has 1 atom stereocenters. The maximum Gasteiger partial charge on any atom is 0.257 e. The van der Waals surface area contributed by atoms with Crippen molar-refractivity contribution in [2.45, 2.75) is 32.6 Å². The van der Waals surface area contributed by atoms with Gasteiger partial charge in [0, 0.05) is 32.9 Å². The topological polar surface area (TPSA) is 95.5 Å². The summed E-state index contributed by atoms with van der Waals surface area (Å²) in [6.45, 7) is 4.55. The van der Waals surface area contributed by atoms with Gasteiger partial charge in [-0.05, 0) is 6.92 Å². The highest BCUT2D eigenvalue weighted by molar-refractivity contribution is 5.93. The Morgan fingerprint density at radius 1 is 1.50 bits per heavy atom. The Hall–Kier alpha value is -2.26. The molecule has 0 aliphatic carbocycles. The molecule has 0 bridgehead atoms. The molecule has 1 aliphatic heterocycles. The fourth-order valence-electron chi connectivity index (χ4n) is 2.61. The summed E-state index contributed by atoms with van der Waals surface area (Å²) in [5.41, 5.74) is 0.595. The van der Waals surface area contributed by atoms with Crippen LogP contribution in [0.1, 0.15) is 29.0 Å². The predicted molar refractivity (Wildman–Crippen MR) is 82.3 cm³/mol. The zero-order valence-corrected chi connectivity index (χ0v) is 13.8. The quantitative estimate of drug-likeness (QED) is 0.759. The van der Waals surface area contributed by atoms with E-state index in [0.29, 0.717) is 50.0 Å². The van der Waals surface area contributed by atoms with E-state index in [2.05, 4.69) is 15.2 Å². The van der Waals surface area contributed by atoms with Gasteiger partial charge in [0.25, 0.3) is 5.91 Å². The van der Waals surface area contributed by atoms with E-state index in [-0.39, 0.29) is 12.0 Å². The third-order valence-electron chi connectivity index (χ3n) is 3.82. The van der Waals surface area contributed by atoms with E-state index in [4.69, 9.17) is 14.0 Å². The van der Waals surface area contributed by atoms with Gasteiger partial charge < -0.3 is 18.9 Å². The molecule has 1 aliphatic rings. The van der Waals surface area contributed by atoms with Gasteiger partial charge in [-0.2, -0.15) is 10.1 Å². The lowest BCUT2D eigenvalue weighted by atomic mass is 10.2. The lowest BCUT2D eigenvalue weighted by Crippen LogP contribution is -2.46. The summed E-state index contributed by atoms with van der Waals surface area (Å²) in [6.07, 6.45) is 3.67. The molecule has 1 fully saturated rings. The van der Waals surface area contributed by atoms with E-state index in [1.54, 1.807) is 29.1 Å². The highest BCUT2D eigenvalue weighted by Gasteiger charge is 2.27. The molecule has 3 heterocycles. The molecule has 9 heteroatoms. The number of aromatic nitrogens is 4. The molecule has 0 spiro atoms. The Kier molecular flexibility index (Phi) is 5.21. The molecule has 0 unspecified atom stereocenters. The number of aryl methyl sites for hydroxylation is 1. The Morgan fingerprint density at radius 3 is 3.12 bits per heavy atom. The molecular weight excluding hydrogens is 314 g/mol. The molecule has 2 aromatic rings. The molecule has 0 radical (unpaired) electrons. The second-order valence-electron chi connectivity index (χ2n) is 5.57. The maximum atomic E-state index is 12.6. The third kappa shape index (κ3) is 3.80. The monoisotopic (exact) mass is 335 g/mol. The Balaban J connectivity index is 1.59. The normalized spacial score (nSPS) is 18.1. The van der Waals surface area contributed by atoms with Gasteiger partial charge in [-0.1, -0.05) is 5.16 Å². The van der Waals surface area contributed by atoms with Crippen LogP contribution in [0.5, 0.6) is 0 Å². The van der Waals surface area contributed by atoms with Crippen LogP contribution in [0.25, 0.3) is 0 Å². The lowest BCUT2D eigenvalue weighted by molar-refractivity contribution is -0.0237. The third-order valence-corrected chi connectivity index (χ3v) is 3.82. The van der Waals surface area contributed by atoms with Gasteiger partial charge in [0.15, 0.2) is 5.82 Å². The zero-order valence-electron chi connectivity index (χ0n) is 13.8. The summed E-state index contributed by atoms with van der Waals surface area (Å²) in [5, 5.41) is 7.98. The van der Waals surface area contributed by atoms with Crippen LogP contribution >= 0.6 is 0 Å². The van der Waals surface area contributed by atoms with Gasteiger partial charge in [-0.15, -0.1) is 0 Å². The number of amides is 1. The van der Waals surface area contributed by atoms with Gasteiger partial charge in [-0.25, -0.2) is 0 Å². The van der Waals surface area contributed by atoms with Crippen molar-refractivity contribution in [3.8, 4) is 0 Å². The first-order chi connectivity index (χ1) is 11.7. The zero-order chi connectivity index (χ0) is 16.9. The summed E-state index contributed by atoms with van der Waals surface area (Å²) in [5.74, 6) is 0.956. The minimum Gasteiger partial charge on any atom is -0.377 e. The minimum absolute atomic E-state index is 0.0337. The molecule has 1 amide bonds. The van der Waals surface area contributed by atoms with Crippen molar-refractivity contribution in [1.29, 1.82) is 0 Å². The molecule has 9 nitrogen and oxygen atoms in total. The van der Waals surface area contributed by atoms with Gasteiger partial charge in [0.05, 0.1) is 30.9 Å². The molecule has 1 saturated heterocycles. The number of hydrogen-bond acceptors (Lipinski definition) is 7. The number of methoxy groups -OCH3 is 1. The van der Waals surface area contributed by atoms with E-state index < -0.39 is 0 Å². The van der Waals surface area contributed by atoms with Gasteiger partial charge >= 0.3 is 0 Å². The summed E-state index contributed by atoms with van der Waals surface area (Å²) in [7, 11) is 1.57. The second kappa shape index (κ2) is 7.54. The van der Waals surface area contributed by atoms with Crippen LogP contribution in [0.15, 0.2) is 16.9 Å². The van der Waals surface area contributed by atoms with Crippen LogP contribution in [0.3, 0.4) is 0 Å². The Labute approximate surface area is 139 Å². The van der Waals surface area contributed by atoms with Crippen molar-refractivity contribution in [3.05, 3.63) is 29.7 Å². The number of rotatable bonds is 6. The molecule has 3 rings (SSSR count). The summed E-state index contributed by atoms with van der Waals surface area (Å²) >= 11 is 0. The Morgan fingerprint density at radius 2 is 2.38 bits per heavy atom. The van der Waals surface area contributed by atoms with Crippen LogP contribution < -0.4 is 0 Å². The SMILES string of the molecule is CCn1cc(C(=O)N2CCO[C@H](Cc3nc(COC)no3)C2)cn1. The second-order valence-corrected chi connectivity index (χ2v) is 5.57. The van der Waals surface area contributed by atoms with Crippen LogP contribution in [-0.4, -0.2) is 63.6 Å². The fourth-order valence-corrected chi connectivity index (χ4v) is 2.61. The predicted octanol–water partition coefficient (Wildman–Crippen LogP) is 0.516. The molecule has 2 aromatic heterocycles. The molecule has 0 saturated carbocycles. The standard InChI is InChI=1S/C15H21N5O4/c1-3-20-8-11(7-16-20)15(21)19-4-5-23-12(9-19)6-14-17-13(10-22-2)18-24-14/h7-8,12H,3-6,9-10H2,1-2H3/t12-/m1/s1. The number of morpholine rings is 1. The van der Waals surface area contributed by atoms with E-state index >= 15 is 0 Å².